The molecule has 0 saturated heterocycles. The zero-order valence-corrected chi connectivity index (χ0v) is 43.8. The van der Waals surface area contributed by atoms with Gasteiger partial charge in [0.05, 0.1) is 30.2 Å². The number of carbonyl (C=O) groups is 1. The zero-order chi connectivity index (χ0) is 52.7. The molecule has 0 bridgehead atoms. The number of aromatic amines is 2. The number of H-pyrrole nitrogens is 2. The summed E-state index contributed by atoms with van der Waals surface area (Å²) in [5.74, 6) is 0.736. The quantitative estimate of drug-likeness (QED) is 0.0952. The predicted octanol–water partition coefficient (Wildman–Crippen LogP) is 12.4. The number of halogens is 2. The summed E-state index contributed by atoms with van der Waals surface area (Å²) in [6.07, 6.45) is 10.7. The standard InChI is InChI=1S/C22H29N5O.C16H13FN2O2.C9H11F.C6H10N2O2.C2H6/c1-7-8-19(23-5)21(15(2)3)16(4)26-11-12-27(22(26)28)18-9-10-20-17(13-18)14-24-25(20)6;1-9-12(3-4-18-16(9)21-2)13-6-10-5-11(8-20)19-15(10)7-14(13)17;1-6-4-7(2)9(10)8(3)5-6;1-3-4(2)5-7-6(9)10-8-5;1-2/h9-15H,7-8H2,1-6H3;3-8,19H,1-2H3;4-5H,1-3H3;4H,3H2,1-2H3,(H,7,8,9);1-2H3/b21-16+,23-19?;;;;. The Kier molecular flexibility index (Phi) is 20.5. The van der Waals surface area contributed by atoms with Gasteiger partial charge in [-0.3, -0.25) is 33.1 Å². The van der Waals surface area contributed by atoms with E-state index in [0.717, 1.165) is 86.0 Å². The second-order valence-electron chi connectivity index (χ2n) is 17.2. The van der Waals surface area contributed by atoms with E-state index in [1.807, 2.05) is 116 Å². The lowest BCUT2D eigenvalue weighted by atomic mass is 9.93. The van der Waals surface area contributed by atoms with Crippen molar-refractivity contribution in [1.82, 2.24) is 39.0 Å². The van der Waals surface area contributed by atoms with Crippen LogP contribution in [0.4, 0.5) is 8.78 Å². The van der Waals surface area contributed by atoms with Crippen LogP contribution in [0.15, 0.2) is 104 Å². The van der Waals surface area contributed by atoms with Crippen molar-refractivity contribution in [2.75, 3.05) is 14.2 Å². The van der Waals surface area contributed by atoms with Gasteiger partial charge in [-0.05, 0) is 118 Å². The number of nitrogens with zero attached hydrogens (tertiary/aromatic N) is 7. The topological polar surface area (TPSA) is 171 Å². The number of aliphatic imine (C=N–C) groups is 1. The molecule has 0 radical (unpaired) electrons. The van der Waals surface area contributed by atoms with Gasteiger partial charge in [0.25, 0.3) is 0 Å². The van der Waals surface area contributed by atoms with Crippen LogP contribution >= 0.6 is 0 Å². The summed E-state index contributed by atoms with van der Waals surface area (Å²) >= 11 is 0. The molecule has 8 aromatic rings. The summed E-state index contributed by atoms with van der Waals surface area (Å²) in [6, 6.07) is 16.2. The van der Waals surface area contributed by atoms with Gasteiger partial charge in [-0.15, -0.1) is 0 Å². The first-order valence-electron chi connectivity index (χ1n) is 23.8. The van der Waals surface area contributed by atoms with Crippen LogP contribution < -0.4 is 16.2 Å². The highest BCUT2D eigenvalue weighted by molar-refractivity contribution is 6.04. The number of hydrogen-bond acceptors (Lipinski definition) is 9. The number of carbonyl (C=O) groups excluding carboxylic acids is 1. The van der Waals surface area contributed by atoms with Crippen molar-refractivity contribution < 1.29 is 22.8 Å². The van der Waals surface area contributed by atoms with Crippen LogP contribution in [0.25, 0.3) is 44.3 Å². The van der Waals surface area contributed by atoms with Crippen molar-refractivity contribution in [2.45, 2.75) is 108 Å². The Morgan fingerprint density at radius 2 is 1.61 bits per heavy atom. The van der Waals surface area contributed by atoms with Crippen LogP contribution in [0.1, 0.15) is 119 Å². The van der Waals surface area contributed by atoms with Gasteiger partial charge in [-0.1, -0.05) is 77.7 Å². The monoisotopic (exact) mass is 974 g/mol. The molecule has 14 nitrogen and oxygen atoms in total. The molecule has 16 heteroatoms. The van der Waals surface area contributed by atoms with Gasteiger partial charge in [0.2, 0.25) is 5.88 Å². The van der Waals surface area contributed by atoms with E-state index in [9.17, 15) is 23.2 Å². The lowest BCUT2D eigenvalue weighted by Crippen LogP contribution is -2.24. The molecule has 8 rings (SSSR count). The third kappa shape index (κ3) is 13.6. The zero-order valence-electron chi connectivity index (χ0n) is 43.8. The highest BCUT2D eigenvalue weighted by Gasteiger charge is 2.18. The van der Waals surface area contributed by atoms with Crippen LogP contribution in [0.2, 0.25) is 0 Å². The number of aryl methyl sites for hydroxylation is 4. The number of nitrogens with one attached hydrogen (secondary N) is 2. The van der Waals surface area contributed by atoms with Gasteiger partial charge in [0.15, 0.2) is 12.1 Å². The lowest BCUT2D eigenvalue weighted by Gasteiger charge is -2.18. The maximum atomic E-state index is 14.4. The Morgan fingerprint density at radius 1 is 0.915 bits per heavy atom. The van der Waals surface area contributed by atoms with E-state index in [0.29, 0.717) is 34.8 Å². The molecule has 378 valence electrons. The third-order valence-corrected chi connectivity index (χ3v) is 11.8. The lowest BCUT2D eigenvalue weighted by molar-refractivity contribution is 0.111. The summed E-state index contributed by atoms with van der Waals surface area (Å²) in [5, 5.41) is 9.62. The maximum absolute atomic E-state index is 14.4. The number of aldehydes is 1. The third-order valence-electron chi connectivity index (χ3n) is 11.8. The number of fused-ring (bicyclic) bond motifs is 2. The van der Waals surface area contributed by atoms with Gasteiger partial charge in [-0.2, -0.15) is 5.10 Å². The molecule has 3 aromatic carbocycles. The van der Waals surface area contributed by atoms with E-state index >= 15 is 0 Å². The molecule has 0 aliphatic carbocycles. The molecular weight excluding hydrogens is 905 g/mol. The molecule has 5 heterocycles. The molecule has 0 fully saturated rings. The van der Waals surface area contributed by atoms with E-state index in [-0.39, 0.29) is 29.2 Å². The summed E-state index contributed by atoms with van der Waals surface area (Å²) in [6.45, 7) is 23.8. The Hall–Kier alpha value is -7.49. The number of hydrogen-bond donors (Lipinski definition) is 2. The molecule has 0 aliphatic heterocycles. The molecule has 5 aromatic heterocycles. The molecule has 71 heavy (non-hydrogen) atoms. The van der Waals surface area contributed by atoms with Crippen LogP contribution in [0.5, 0.6) is 5.88 Å². The van der Waals surface area contributed by atoms with E-state index in [1.165, 1.54) is 13.2 Å². The van der Waals surface area contributed by atoms with Crippen molar-refractivity contribution >= 4 is 39.5 Å². The van der Waals surface area contributed by atoms with Crippen molar-refractivity contribution in [3.63, 3.8) is 0 Å². The first kappa shape index (κ1) is 56.1. The number of methoxy groups -OCH3 is 1. The average molecular weight is 974 g/mol. The van der Waals surface area contributed by atoms with Crippen molar-refractivity contribution in [3.8, 4) is 22.7 Å². The number of pyridine rings is 1. The smallest absolute Gasteiger partial charge is 0.438 e. The molecule has 1 atom stereocenters. The van der Waals surface area contributed by atoms with Crippen LogP contribution in [-0.2, 0) is 7.05 Å². The number of aromatic nitrogens is 8. The van der Waals surface area contributed by atoms with Gasteiger partial charge < -0.3 is 9.72 Å². The molecule has 0 saturated carbocycles. The molecule has 1 unspecified atom stereocenters. The van der Waals surface area contributed by atoms with Gasteiger partial charge in [0.1, 0.15) is 11.6 Å². The number of allylic oxidation sites excluding steroid dienone is 2. The minimum atomic E-state index is -0.477. The molecular formula is C55H69F2N9O5. The fourth-order valence-electron chi connectivity index (χ4n) is 8.09. The van der Waals surface area contributed by atoms with E-state index in [4.69, 9.17) is 4.74 Å². The second kappa shape index (κ2) is 25.9. The SMILES string of the molecule is CC.CCC(C)c1noc(=O)[nH]1.CCCC(=NC)/C(=C(\C)n1ccn(-c2ccc3c(cnn3C)c2)c1=O)C(C)C.COc1nccc(-c2cc3cc(C=O)[nH]c3cc2F)c1C.Cc1cc(C)c(F)c(C)c1. The summed E-state index contributed by atoms with van der Waals surface area (Å²) in [7, 11) is 5.27. The molecule has 0 amide bonds. The average Bonchev–Trinajstić information content (AvgIpc) is 4.17. The highest BCUT2D eigenvalue weighted by atomic mass is 19.1. The molecule has 0 aliphatic rings. The predicted molar refractivity (Wildman–Crippen MR) is 282 cm³/mol. The number of benzene rings is 3. The van der Waals surface area contributed by atoms with Crippen LogP contribution in [-0.4, -0.2) is 65.2 Å². The van der Waals surface area contributed by atoms with Gasteiger partial charge in [-0.25, -0.2) is 23.4 Å². The second-order valence-corrected chi connectivity index (χ2v) is 17.2. The number of imidazole rings is 1. The van der Waals surface area contributed by atoms with Crippen molar-refractivity contribution in [2.24, 2.45) is 18.0 Å². The van der Waals surface area contributed by atoms with E-state index < -0.39 is 5.76 Å². The highest BCUT2D eigenvalue weighted by Crippen LogP contribution is 2.33. The summed E-state index contributed by atoms with van der Waals surface area (Å²) in [4.78, 5) is 48.4. The van der Waals surface area contributed by atoms with E-state index in [2.05, 4.69) is 55.5 Å². The fourth-order valence-corrected chi connectivity index (χ4v) is 8.09. The number of ether oxygens (including phenoxy) is 1. The minimum Gasteiger partial charge on any atom is -0.481 e. The Morgan fingerprint density at radius 3 is 2.18 bits per heavy atom. The van der Waals surface area contributed by atoms with Crippen LogP contribution in [0.3, 0.4) is 0 Å². The van der Waals surface area contributed by atoms with E-state index in [1.54, 1.807) is 47.4 Å². The Bertz CT molecular complexity index is 3210. The summed E-state index contributed by atoms with van der Waals surface area (Å²) in [5.41, 5.74) is 10.5. The first-order chi connectivity index (χ1) is 33.9. The van der Waals surface area contributed by atoms with Gasteiger partial charge in [0, 0.05) is 77.4 Å². The van der Waals surface area contributed by atoms with Gasteiger partial charge >= 0.3 is 11.4 Å². The first-order valence-corrected chi connectivity index (χ1v) is 23.8. The Labute approximate surface area is 414 Å². The fraction of sp³-hybridized carbons (Fsp3) is 0.364. The minimum absolute atomic E-state index is 0.0779. The Balaban J connectivity index is 0.000000222. The number of rotatable bonds is 11. The molecule has 0 spiro atoms. The van der Waals surface area contributed by atoms with Crippen LogP contribution in [0, 0.1) is 45.2 Å². The largest absolute Gasteiger partial charge is 0.481 e. The molecule has 2 N–H and O–H groups in total. The maximum Gasteiger partial charge on any atom is 0.438 e. The summed E-state index contributed by atoms with van der Waals surface area (Å²) < 4.78 is 42.0. The normalized spacial score (nSPS) is 11.9. The van der Waals surface area contributed by atoms with Crippen molar-refractivity contribution in [3.05, 3.63) is 151 Å². The van der Waals surface area contributed by atoms with Crippen molar-refractivity contribution in [1.29, 1.82) is 0 Å².